The van der Waals surface area contributed by atoms with E-state index >= 15 is 0 Å². The highest BCUT2D eigenvalue weighted by atomic mass is 79.9. The van der Waals surface area contributed by atoms with Gasteiger partial charge >= 0.3 is 5.97 Å². The SMILES string of the molecule is COC(=O)C1=c2s/c(=C\c3ccccc3Br)c(=O)n2C(N)=C(C#N)C1c1ccccc1Br. The van der Waals surface area contributed by atoms with Crippen LogP contribution < -0.4 is 20.5 Å². The summed E-state index contributed by atoms with van der Waals surface area (Å²) in [6.45, 7) is 0. The lowest BCUT2D eigenvalue weighted by Gasteiger charge is -2.25. The molecule has 2 heterocycles. The van der Waals surface area contributed by atoms with Crippen LogP contribution in [0.4, 0.5) is 0 Å². The van der Waals surface area contributed by atoms with Crippen LogP contribution in [0.15, 0.2) is 67.8 Å². The molecule has 0 fully saturated rings. The number of rotatable bonds is 3. The topological polar surface area (TPSA) is 98.1 Å². The van der Waals surface area contributed by atoms with Crippen LogP contribution in [-0.4, -0.2) is 17.6 Å². The van der Waals surface area contributed by atoms with Crippen molar-refractivity contribution in [3.8, 4) is 6.07 Å². The summed E-state index contributed by atoms with van der Waals surface area (Å²) in [7, 11) is 1.27. The van der Waals surface area contributed by atoms with Gasteiger partial charge in [-0.2, -0.15) is 5.26 Å². The van der Waals surface area contributed by atoms with Gasteiger partial charge in [0.2, 0.25) is 0 Å². The fourth-order valence-electron chi connectivity index (χ4n) is 3.61. The summed E-state index contributed by atoms with van der Waals surface area (Å²) < 4.78 is 8.54. The van der Waals surface area contributed by atoms with Gasteiger partial charge in [0.05, 0.1) is 34.8 Å². The monoisotopic (exact) mass is 571 g/mol. The van der Waals surface area contributed by atoms with Gasteiger partial charge in [-0.1, -0.05) is 68.3 Å². The van der Waals surface area contributed by atoms with Crippen molar-refractivity contribution in [1.82, 2.24) is 4.57 Å². The number of ether oxygens (including phenoxy) is 1. The van der Waals surface area contributed by atoms with Crippen LogP contribution in [-0.2, 0) is 9.53 Å². The zero-order chi connectivity index (χ0) is 23.0. The van der Waals surface area contributed by atoms with E-state index in [1.54, 1.807) is 12.1 Å². The fraction of sp³-hybridized carbons (Fsp3) is 0.0870. The van der Waals surface area contributed by atoms with Crippen molar-refractivity contribution in [3.63, 3.8) is 0 Å². The Bertz CT molecular complexity index is 1510. The second kappa shape index (κ2) is 8.90. The normalized spacial score (nSPS) is 16.0. The van der Waals surface area contributed by atoms with Crippen LogP contribution in [0.1, 0.15) is 17.0 Å². The molecule has 1 aromatic heterocycles. The first-order valence-corrected chi connectivity index (χ1v) is 11.7. The number of nitrogens with zero attached hydrogens (tertiary/aromatic N) is 2. The highest BCUT2D eigenvalue weighted by Gasteiger charge is 2.36. The van der Waals surface area contributed by atoms with Crippen LogP contribution in [0.5, 0.6) is 0 Å². The maximum atomic E-state index is 13.3. The molecule has 0 aliphatic carbocycles. The Labute approximate surface area is 203 Å². The van der Waals surface area contributed by atoms with Crippen LogP contribution in [0.2, 0.25) is 0 Å². The molecule has 0 saturated heterocycles. The van der Waals surface area contributed by atoms with E-state index in [4.69, 9.17) is 10.5 Å². The lowest BCUT2D eigenvalue weighted by atomic mass is 9.84. The van der Waals surface area contributed by atoms with Crippen molar-refractivity contribution >= 4 is 66.6 Å². The molecule has 9 heteroatoms. The van der Waals surface area contributed by atoms with Crippen LogP contribution in [0.25, 0.3) is 17.5 Å². The van der Waals surface area contributed by atoms with Gasteiger partial charge in [-0.05, 0) is 29.3 Å². The fourth-order valence-corrected chi connectivity index (χ4v) is 5.68. The van der Waals surface area contributed by atoms with E-state index in [0.29, 0.717) is 19.2 Å². The molecule has 160 valence electrons. The predicted molar refractivity (Wildman–Crippen MR) is 131 cm³/mol. The number of carbonyl (C=O) groups excluding carboxylic acids is 1. The largest absolute Gasteiger partial charge is 0.466 e. The third-order valence-corrected chi connectivity index (χ3v) is 7.63. The molecule has 6 nitrogen and oxygen atoms in total. The third-order valence-electron chi connectivity index (χ3n) is 5.08. The molecular weight excluding hydrogens is 558 g/mol. The quantitative estimate of drug-likeness (QED) is 0.486. The number of thiazole rings is 1. The average Bonchev–Trinajstić information content (AvgIpc) is 3.11. The van der Waals surface area contributed by atoms with Crippen molar-refractivity contribution in [2.24, 2.45) is 5.73 Å². The summed E-state index contributed by atoms with van der Waals surface area (Å²) in [5.74, 6) is -1.41. The Hall–Kier alpha value is -2.93. The second-order valence-electron chi connectivity index (χ2n) is 6.85. The summed E-state index contributed by atoms with van der Waals surface area (Å²) in [4.78, 5) is 26.2. The number of benzene rings is 2. The minimum absolute atomic E-state index is 0.00364. The molecule has 0 radical (unpaired) electrons. The molecule has 2 N–H and O–H groups in total. The van der Waals surface area contributed by atoms with Crippen molar-refractivity contribution in [3.05, 3.63) is 93.7 Å². The molecule has 2 aromatic carbocycles. The van der Waals surface area contributed by atoms with E-state index in [-0.39, 0.29) is 17.0 Å². The molecule has 1 unspecified atom stereocenters. The summed E-state index contributed by atoms with van der Waals surface area (Å²) >= 11 is 8.12. The number of nitriles is 1. The highest BCUT2D eigenvalue weighted by Crippen LogP contribution is 2.39. The van der Waals surface area contributed by atoms with Gasteiger partial charge in [0.15, 0.2) is 0 Å². The Morgan fingerprint density at radius 1 is 1.19 bits per heavy atom. The van der Waals surface area contributed by atoms with E-state index in [0.717, 1.165) is 21.4 Å². The van der Waals surface area contributed by atoms with Gasteiger partial charge in [0.25, 0.3) is 5.56 Å². The van der Waals surface area contributed by atoms with Gasteiger partial charge < -0.3 is 10.5 Å². The summed E-state index contributed by atoms with van der Waals surface area (Å²) in [5.41, 5.74) is 7.72. The maximum Gasteiger partial charge on any atom is 0.337 e. The molecule has 0 spiro atoms. The van der Waals surface area contributed by atoms with Crippen molar-refractivity contribution < 1.29 is 9.53 Å². The molecule has 1 aliphatic heterocycles. The second-order valence-corrected chi connectivity index (χ2v) is 9.59. The number of carbonyl (C=O) groups is 1. The number of methoxy groups -OCH3 is 1. The first-order chi connectivity index (χ1) is 15.4. The first kappa shape index (κ1) is 22.3. The number of nitrogens with two attached hydrogens (primary N) is 1. The number of hydrogen-bond donors (Lipinski definition) is 1. The molecule has 32 heavy (non-hydrogen) atoms. The number of hydrogen-bond acceptors (Lipinski definition) is 6. The van der Waals surface area contributed by atoms with Gasteiger partial charge in [-0.3, -0.25) is 9.36 Å². The summed E-state index contributed by atoms with van der Waals surface area (Å²) in [5, 5.41) is 9.96. The number of fused-ring (bicyclic) bond motifs is 1. The standard InChI is InChI=1S/C23H15Br2N3O3S/c1-31-23(30)19-18(13-7-3-5-9-16(13)25)14(11-26)20(27)28-21(29)17(32-22(19)28)10-12-6-2-4-8-15(12)24/h2-10,18H,27H2,1H3/b17-10-. The predicted octanol–water partition coefficient (Wildman–Crippen LogP) is 3.04. The van der Waals surface area contributed by atoms with E-state index < -0.39 is 17.4 Å². The van der Waals surface area contributed by atoms with Crippen LogP contribution in [0.3, 0.4) is 0 Å². The zero-order valence-electron chi connectivity index (χ0n) is 16.6. The molecule has 0 amide bonds. The molecule has 1 aliphatic rings. The van der Waals surface area contributed by atoms with Crippen LogP contribution in [0, 0.1) is 11.3 Å². The van der Waals surface area contributed by atoms with Gasteiger partial charge in [0, 0.05) is 8.95 Å². The molecule has 0 bridgehead atoms. The molecule has 4 rings (SSSR count). The Morgan fingerprint density at radius 2 is 1.84 bits per heavy atom. The maximum absolute atomic E-state index is 13.3. The molecular formula is C23H15Br2N3O3S. The van der Waals surface area contributed by atoms with E-state index in [9.17, 15) is 14.9 Å². The minimum Gasteiger partial charge on any atom is -0.466 e. The number of esters is 1. The number of halogens is 2. The smallest absolute Gasteiger partial charge is 0.337 e. The van der Waals surface area contributed by atoms with E-state index in [2.05, 4.69) is 37.9 Å². The zero-order valence-corrected chi connectivity index (χ0v) is 20.6. The highest BCUT2D eigenvalue weighted by molar-refractivity contribution is 9.10. The lowest BCUT2D eigenvalue weighted by Crippen LogP contribution is -2.40. The summed E-state index contributed by atoms with van der Waals surface area (Å²) in [6.07, 6.45) is 1.73. The third kappa shape index (κ3) is 3.64. The Balaban J connectivity index is 2.15. The van der Waals surface area contributed by atoms with E-state index in [1.807, 2.05) is 42.5 Å². The van der Waals surface area contributed by atoms with Gasteiger partial charge in [0.1, 0.15) is 10.5 Å². The van der Waals surface area contributed by atoms with Crippen LogP contribution >= 0.6 is 43.2 Å². The Morgan fingerprint density at radius 3 is 2.47 bits per heavy atom. The number of allylic oxidation sites excluding steroid dienone is 1. The van der Waals surface area contributed by atoms with Crippen molar-refractivity contribution in [2.45, 2.75) is 5.92 Å². The average molecular weight is 573 g/mol. The number of aromatic nitrogens is 1. The minimum atomic E-state index is -0.780. The summed E-state index contributed by atoms with van der Waals surface area (Å²) in [6, 6.07) is 16.8. The van der Waals surface area contributed by atoms with Crippen molar-refractivity contribution in [1.29, 1.82) is 5.26 Å². The van der Waals surface area contributed by atoms with Crippen molar-refractivity contribution in [2.75, 3.05) is 7.11 Å². The Kier molecular flexibility index (Phi) is 6.20. The molecule has 3 aromatic rings. The van der Waals surface area contributed by atoms with E-state index in [1.165, 1.54) is 11.7 Å². The first-order valence-electron chi connectivity index (χ1n) is 9.34. The van der Waals surface area contributed by atoms with Gasteiger partial charge in [-0.15, -0.1) is 11.3 Å². The molecule has 1 atom stereocenters. The van der Waals surface area contributed by atoms with Gasteiger partial charge in [-0.25, -0.2) is 4.79 Å². The molecule has 0 saturated carbocycles. The lowest BCUT2D eigenvalue weighted by molar-refractivity contribution is -0.134.